The summed E-state index contributed by atoms with van der Waals surface area (Å²) in [6.45, 7) is 4.77. The number of amides is 3. The lowest BCUT2D eigenvalue weighted by molar-refractivity contribution is -0.147. The van der Waals surface area contributed by atoms with Crippen molar-refractivity contribution in [3.63, 3.8) is 0 Å². The number of aromatic nitrogens is 4. The number of alkyl carbamates (subject to hydrolysis) is 1. The first kappa shape index (κ1) is 28.8. The Morgan fingerprint density at radius 1 is 1.03 bits per heavy atom. The highest BCUT2D eigenvalue weighted by Gasteiger charge is 2.22. The van der Waals surface area contributed by atoms with E-state index in [0.717, 1.165) is 5.56 Å². The summed E-state index contributed by atoms with van der Waals surface area (Å²) in [6, 6.07) is 9.18. The van der Waals surface area contributed by atoms with E-state index in [0.29, 0.717) is 0 Å². The van der Waals surface area contributed by atoms with Crippen molar-refractivity contribution in [2.45, 2.75) is 39.5 Å². The van der Waals surface area contributed by atoms with E-state index < -0.39 is 29.7 Å². The zero-order chi connectivity index (χ0) is 28.4. The van der Waals surface area contributed by atoms with Gasteiger partial charge in [0.25, 0.3) is 0 Å². The van der Waals surface area contributed by atoms with E-state index in [1.165, 1.54) is 29.2 Å². The van der Waals surface area contributed by atoms with Crippen molar-refractivity contribution in [1.82, 2.24) is 29.7 Å². The van der Waals surface area contributed by atoms with E-state index in [-0.39, 0.29) is 49.8 Å². The van der Waals surface area contributed by atoms with Gasteiger partial charge in [0.05, 0.1) is 13.4 Å². The molecule has 0 spiro atoms. The summed E-state index contributed by atoms with van der Waals surface area (Å²) in [7, 11) is 1.21. The van der Waals surface area contributed by atoms with Gasteiger partial charge in [-0.2, -0.15) is 0 Å². The summed E-state index contributed by atoms with van der Waals surface area (Å²) in [5, 5.41) is 5.09. The number of nitrogens with zero attached hydrogens (tertiary/aromatic N) is 5. The number of carbonyl (C=O) groups excluding carboxylic acids is 4. The molecule has 14 nitrogen and oxygen atoms in total. The van der Waals surface area contributed by atoms with Crippen LogP contribution in [0.15, 0.2) is 43.0 Å². The van der Waals surface area contributed by atoms with E-state index in [4.69, 9.17) is 14.2 Å². The third-order valence-electron chi connectivity index (χ3n) is 5.09. The Morgan fingerprint density at radius 3 is 2.46 bits per heavy atom. The van der Waals surface area contributed by atoms with Crippen molar-refractivity contribution >= 4 is 41.0 Å². The van der Waals surface area contributed by atoms with Crippen molar-refractivity contribution in [2.24, 2.45) is 0 Å². The molecule has 3 rings (SSSR count). The normalized spacial score (nSPS) is 11.0. The molecule has 208 valence electrons. The van der Waals surface area contributed by atoms with Gasteiger partial charge in [-0.25, -0.2) is 24.5 Å². The van der Waals surface area contributed by atoms with E-state index in [1.54, 1.807) is 20.8 Å². The van der Waals surface area contributed by atoms with Gasteiger partial charge in [-0.05, 0) is 26.3 Å². The summed E-state index contributed by atoms with van der Waals surface area (Å²) in [6.07, 6.45) is 1.21. The zero-order valence-corrected chi connectivity index (χ0v) is 22.2. The second-order valence-electron chi connectivity index (χ2n) is 9.27. The lowest BCUT2D eigenvalue weighted by atomic mass is 10.2. The Morgan fingerprint density at radius 2 is 1.77 bits per heavy atom. The number of esters is 1. The zero-order valence-electron chi connectivity index (χ0n) is 22.2. The standard InChI is InChI=1S/C25H31N7O7/c1-25(2,3)39-23(35)26-10-11-31(13-19(34)37-4)18(33)12-32-16-29-20-21(27-15-28-22(20)32)30-24(36)38-14-17-8-6-5-7-9-17/h5-9,15-16H,10-14H2,1-4H3,(H,26,35)(H,27,28,30,36). The third-order valence-corrected chi connectivity index (χ3v) is 5.09. The highest BCUT2D eigenvalue weighted by molar-refractivity contribution is 5.93. The molecular weight excluding hydrogens is 510 g/mol. The minimum atomic E-state index is -0.730. The van der Waals surface area contributed by atoms with Crippen LogP contribution in [0.1, 0.15) is 26.3 Å². The second-order valence-corrected chi connectivity index (χ2v) is 9.27. The Bertz CT molecular complexity index is 1310. The summed E-state index contributed by atoms with van der Waals surface area (Å²) in [5.74, 6) is -0.975. The van der Waals surface area contributed by atoms with Crippen LogP contribution in [0.25, 0.3) is 11.2 Å². The van der Waals surface area contributed by atoms with Gasteiger partial charge in [0.15, 0.2) is 17.0 Å². The minimum absolute atomic E-state index is 0.0227. The average Bonchev–Trinajstić information content (AvgIpc) is 3.30. The molecule has 0 unspecified atom stereocenters. The first-order valence-corrected chi connectivity index (χ1v) is 12.0. The minimum Gasteiger partial charge on any atom is -0.468 e. The number of methoxy groups -OCH3 is 1. The smallest absolute Gasteiger partial charge is 0.413 e. The molecule has 0 saturated heterocycles. The summed E-state index contributed by atoms with van der Waals surface area (Å²) in [5.41, 5.74) is 0.665. The quantitative estimate of drug-likeness (QED) is 0.286. The SMILES string of the molecule is COC(=O)CN(CCNC(=O)OC(C)(C)C)C(=O)Cn1cnc2c(NC(=O)OCc3ccccc3)ncnc21. The van der Waals surface area contributed by atoms with Gasteiger partial charge in [0.2, 0.25) is 5.91 Å². The van der Waals surface area contributed by atoms with Crippen LogP contribution in [0.5, 0.6) is 0 Å². The highest BCUT2D eigenvalue weighted by atomic mass is 16.6. The number of fused-ring (bicyclic) bond motifs is 1. The van der Waals surface area contributed by atoms with Crippen molar-refractivity contribution in [3.05, 3.63) is 48.5 Å². The van der Waals surface area contributed by atoms with E-state index in [1.807, 2.05) is 30.3 Å². The highest BCUT2D eigenvalue weighted by Crippen LogP contribution is 2.18. The monoisotopic (exact) mass is 541 g/mol. The predicted molar refractivity (Wildman–Crippen MR) is 138 cm³/mol. The van der Waals surface area contributed by atoms with Gasteiger partial charge in [0, 0.05) is 13.1 Å². The predicted octanol–water partition coefficient (Wildman–Crippen LogP) is 2.10. The fourth-order valence-corrected chi connectivity index (χ4v) is 3.31. The lowest BCUT2D eigenvalue weighted by Gasteiger charge is -2.23. The van der Waals surface area contributed by atoms with Crippen molar-refractivity contribution in [3.8, 4) is 0 Å². The number of benzene rings is 1. The number of hydrogen-bond acceptors (Lipinski definition) is 10. The van der Waals surface area contributed by atoms with Crippen LogP contribution in [-0.2, 0) is 37.0 Å². The number of ether oxygens (including phenoxy) is 3. The van der Waals surface area contributed by atoms with Crippen LogP contribution in [0.4, 0.5) is 15.4 Å². The van der Waals surface area contributed by atoms with Crippen LogP contribution in [0.2, 0.25) is 0 Å². The largest absolute Gasteiger partial charge is 0.468 e. The summed E-state index contributed by atoms with van der Waals surface area (Å²) in [4.78, 5) is 62.9. The molecule has 14 heteroatoms. The Labute approximate surface area is 224 Å². The number of anilines is 1. The Kier molecular flexibility index (Phi) is 9.73. The molecule has 1 aromatic carbocycles. The second kappa shape index (κ2) is 13.2. The molecule has 0 bridgehead atoms. The molecule has 2 aromatic heterocycles. The number of carbonyl (C=O) groups is 4. The number of hydrogen-bond donors (Lipinski definition) is 2. The molecule has 39 heavy (non-hydrogen) atoms. The molecule has 0 saturated carbocycles. The van der Waals surface area contributed by atoms with E-state index in [2.05, 4.69) is 25.6 Å². The topological polar surface area (TPSA) is 167 Å². The maximum atomic E-state index is 13.1. The average molecular weight is 542 g/mol. The van der Waals surface area contributed by atoms with Gasteiger partial charge < -0.3 is 29.0 Å². The Balaban J connectivity index is 1.65. The molecule has 0 atom stereocenters. The van der Waals surface area contributed by atoms with Crippen molar-refractivity contribution < 1.29 is 33.4 Å². The van der Waals surface area contributed by atoms with E-state index >= 15 is 0 Å². The lowest BCUT2D eigenvalue weighted by Crippen LogP contribution is -2.43. The van der Waals surface area contributed by atoms with Gasteiger partial charge in [-0.1, -0.05) is 30.3 Å². The number of rotatable bonds is 10. The Hall–Kier alpha value is -4.75. The van der Waals surface area contributed by atoms with Gasteiger partial charge in [0.1, 0.15) is 31.6 Å². The molecule has 3 aromatic rings. The molecule has 0 aliphatic rings. The van der Waals surface area contributed by atoms with Crippen LogP contribution < -0.4 is 10.6 Å². The van der Waals surface area contributed by atoms with Crippen LogP contribution >= 0.6 is 0 Å². The molecule has 0 radical (unpaired) electrons. The molecular formula is C25H31N7O7. The van der Waals surface area contributed by atoms with Gasteiger partial charge in [-0.15, -0.1) is 0 Å². The molecule has 2 heterocycles. The molecule has 0 aliphatic heterocycles. The number of imidazole rings is 1. The maximum Gasteiger partial charge on any atom is 0.413 e. The first-order valence-electron chi connectivity index (χ1n) is 12.0. The first-order chi connectivity index (χ1) is 18.6. The molecule has 0 fully saturated rings. The maximum absolute atomic E-state index is 13.1. The van der Waals surface area contributed by atoms with Crippen molar-refractivity contribution in [1.29, 1.82) is 0 Å². The van der Waals surface area contributed by atoms with Crippen LogP contribution in [0, 0.1) is 0 Å². The molecule has 3 amide bonds. The summed E-state index contributed by atoms with van der Waals surface area (Å²) >= 11 is 0. The fraction of sp³-hybridized carbons (Fsp3) is 0.400. The van der Waals surface area contributed by atoms with Crippen LogP contribution in [-0.4, -0.2) is 80.8 Å². The van der Waals surface area contributed by atoms with Gasteiger partial charge >= 0.3 is 18.2 Å². The van der Waals surface area contributed by atoms with Gasteiger partial charge in [-0.3, -0.25) is 14.9 Å². The van der Waals surface area contributed by atoms with E-state index in [9.17, 15) is 19.2 Å². The number of nitrogens with one attached hydrogen (secondary N) is 2. The fourth-order valence-electron chi connectivity index (χ4n) is 3.31. The molecule has 0 aliphatic carbocycles. The van der Waals surface area contributed by atoms with Crippen LogP contribution in [0.3, 0.4) is 0 Å². The summed E-state index contributed by atoms with van der Waals surface area (Å²) < 4.78 is 16.5. The third kappa shape index (κ3) is 8.94. The molecule has 2 N–H and O–H groups in total. The van der Waals surface area contributed by atoms with Crippen molar-refractivity contribution in [2.75, 3.05) is 32.1 Å².